The van der Waals surface area contributed by atoms with Gasteiger partial charge in [0.2, 0.25) is 0 Å². The van der Waals surface area contributed by atoms with E-state index in [2.05, 4.69) is 55.2 Å². The maximum Gasteiger partial charge on any atom is 0.0198 e. The lowest BCUT2D eigenvalue weighted by Gasteiger charge is -2.20. The zero-order valence-corrected chi connectivity index (χ0v) is 13.1. The predicted molar refractivity (Wildman–Crippen MR) is 87.1 cm³/mol. The molecule has 19 heavy (non-hydrogen) atoms. The largest absolute Gasteiger partial charge is 0.313 e. The summed E-state index contributed by atoms with van der Waals surface area (Å²) in [7, 11) is 0. The third-order valence-electron chi connectivity index (χ3n) is 4.06. The van der Waals surface area contributed by atoms with Gasteiger partial charge in [-0.1, -0.05) is 44.0 Å². The second-order valence-corrected chi connectivity index (χ2v) is 6.96. The first-order chi connectivity index (χ1) is 9.29. The maximum absolute atomic E-state index is 3.66. The fourth-order valence-corrected chi connectivity index (χ4v) is 4.30. The minimum atomic E-state index is 0.622. The lowest BCUT2D eigenvalue weighted by molar-refractivity contribution is 0.570. The van der Waals surface area contributed by atoms with Crippen molar-refractivity contribution in [2.75, 3.05) is 12.3 Å². The molecular formula is C17H27NS. The Labute approximate surface area is 122 Å². The minimum Gasteiger partial charge on any atom is -0.313 e. The molecule has 0 spiro atoms. The fraction of sp³-hybridized carbons (Fsp3) is 0.647. The second kappa shape index (κ2) is 7.96. The first-order valence-corrected chi connectivity index (χ1v) is 8.74. The molecule has 1 aliphatic rings. The van der Waals surface area contributed by atoms with Gasteiger partial charge in [0.1, 0.15) is 0 Å². The van der Waals surface area contributed by atoms with Crippen LogP contribution in [0.5, 0.6) is 0 Å². The van der Waals surface area contributed by atoms with Crippen LogP contribution in [0.25, 0.3) is 0 Å². The molecule has 1 aliphatic carbocycles. The van der Waals surface area contributed by atoms with Gasteiger partial charge in [0.25, 0.3) is 0 Å². The van der Waals surface area contributed by atoms with Crippen molar-refractivity contribution < 1.29 is 0 Å². The average molecular weight is 277 g/mol. The molecule has 1 fully saturated rings. The van der Waals surface area contributed by atoms with Gasteiger partial charge < -0.3 is 5.32 Å². The van der Waals surface area contributed by atoms with Gasteiger partial charge in [-0.3, -0.25) is 0 Å². The van der Waals surface area contributed by atoms with E-state index in [0.29, 0.717) is 6.04 Å². The highest BCUT2D eigenvalue weighted by Crippen LogP contribution is 2.30. The van der Waals surface area contributed by atoms with Crippen molar-refractivity contribution in [1.29, 1.82) is 0 Å². The number of benzene rings is 1. The highest BCUT2D eigenvalue weighted by atomic mass is 32.2. The van der Waals surface area contributed by atoms with Crippen LogP contribution >= 0.6 is 11.8 Å². The van der Waals surface area contributed by atoms with Crippen LogP contribution < -0.4 is 5.32 Å². The molecule has 1 nitrogen and oxygen atoms in total. The summed E-state index contributed by atoms with van der Waals surface area (Å²) in [6.07, 6.45) is 6.94. The molecule has 1 unspecified atom stereocenters. The molecule has 1 atom stereocenters. The summed E-state index contributed by atoms with van der Waals surface area (Å²) in [4.78, 5) is 0. The smallest absolute Gasteiger partial charge is 0.0198 e. The Morgan fingerprint density at radius 2 is 2.00 bits per heavy atom. The van der Waals surface area contributed by atoms with Gasteiger partial charge in [-0.25, -0.2) is 0 Å². The molecule has 106 valence electrons. The van der Waals surface area contributed by atoms with Gasteiger partial charge >= 0.3 is 0 Å². The summed E-state index contributed by atoms with van der Waals surface area (Å²) in [5.41, 5.74) is 2.93. The average Bonchev–Trinajstić information content (AvgIpc) is 2.92. The van der Waals surface area contributed by atoms with Crippen molar-refractivity contribution in [2.45, 2.75) is 57.2 Å². The topological polar surface area (TPSA) is 12.0 Å². The standard InChI is InChI=1S/C17H27NS/c1-3-18-16(13-19-17-10-6-7-11-17)12-15-9-5-4-8-14(15)2/h4-5,8-9,16-18H,3,6-7,10-13H2,1-2H3. The molecule has 1 aromatic carbocycles. The number of hydrogen-bond acceptors (Lipinski definition) is 2. The molecule has 2 heteroatoms. The normalized spacial score (nSPS) is 17.8. The van der Waals surface area contributed by atoms with Crippen LogP contribution in [-0.4, -0.2) is 23.6 Å². The van der Waals surface area contributed by atoms with Crippen molar-refractivity contribution in [3.05, 3.63) is 35.4 Å². The number of rotatable bonds is 7. The van der Waals surface area contributed by atoms with Crippen molar-refractivity contribution in [1.82, 2.24) is 5.32 Å². The first-order valence-electron chi connectivity index (χ1n) is 7.69. The van der Waals surface area contributed by atoms with E-state index in [-0.39, 0.29) is 0 Å². The quantitative estimate of drug-likeness (QED) is 0.802. The third kappa shape index (κ3) is 4.85. The maximum atomic E-state index is 3.66. The Hall–Kier alpha value is -0.470. The SMILES string of the molecule is CCNC(CSC1CCCC1)Cc1ccccc1C. The molecule has 0 aromatic heterocycles. The second-order valence-electron chi connectivity index (χ2n) is 5.63. The summed E-state index contributed by atoms with van der Waals surface area (Å²) in [6.45, 7) is 5.51. The van der Waals surface area contributed by atoms with Gasteiger partial charge in [-0.2, -0.15) is 11.8 Å². The van der Waals surface area contributed by atoms with E-state index < -0.39 is 0 Å². The molecule has 0 heterocycles. The number of likely N-dealkylation sites (N-methyl/N-ethyl adjacent to an activating group) is 1. The van der Waals surface area contributed by atoms with Crippen LogP contribution in [0.3, 0.4) is 0 Å². The molecule has 0 bridgehead atoms. The van der Waals surface area contributed by atoms with Crippen LogP contribution in [0.2, 0.25) is 0 Å². The number of aryl methyl sites for hydroxylation is 1. The summed E-state index contributed by atoms with van der Waals surface area (Å²) < 4.78 is 0. The molecule has 2 rings (SSSR count). The molecule has 1 N–H and O–H groups in total. The van der Waals surface area contributed by atoms with Crippen molar-refractivity contribution in [2.24, 2.45) is 0 Å². The van der Waals surface area contributed by atoms with Gasteiger partial charge in [0, 0.05) is 17.0 Å². The molecule has 0 radical (unpaired) electrons. The van der Waals surface area contributed by atoms with E-state index in [4.69, 9.17) is 0 Å². The van der Waals surface area contributed by atoms with Crippen LogP contribution in [0.1, 0.15) is 43.7 Å². The van der Waals surface area contributed by atoms with Crippen molar-refractivity contribution in [3.63, 3.8) is 0 Å². The first kappa shape index (κ1) is 14.9. The van der Waals surface area contributed by atoms with Crippen LogP contribution in [-0.2, 0) is 6.42 Å². The summed E-state index contributed by atoms with van der Waals surface area (Å²) in [5.74, 6) is 1.26. The Morgan fingerprint density at radius 1 is 1.26 bits per heavy atom. The monoisotopic (exact) mass is 277 g/mol. The minimum absolute atomic E-state index is 0.622. The van der Waals surface area contributed by atoms with Crippen molar-refractivity contribution in [3.8, 4) is 0 Å². The van der Waals surface area contributed by atoms with E-state index >= 15 is 0 Å². The lowest BCUT2D eigenvalue weighted by Crippen LogP contribution is -2.34. The Bertz CT molecular complexity index is 371. The van der Waals surface area contributed by atoms with Gasteiger partial charge in [0.05, 0.1) is 0 Å². The molecule has 0 amide bonds. The predicted octanol–water partition coefficient (Wildman–Crippen LogP) is 4.19. The highest BCUT2D eigenvalue weighted by molar-refractivity contribution is 7.99. The third-order valence-corrected chi connectivity index (χ3v) is 5.59. The molecule has 1 saturated carbocycles. The number of thioether (sulfide) groups is 1. The number of hydrogen-bond donors (Lipinski definition) is 1. The summed E-state index contributed by atoms with van der Waals surface area (Å²) in [6, 6.07) is 9.42. The molecular weight excluding hydrogens is 250 g/mol. The zero-order valence-electron chi connectivity index (χ0n) is 12.3. The van der Waals surface area contributed by atoms with E-state index in [1.165, 1.54) is 49.0 Å². The highest BCUT2D eigenvalue weighted by Gasteiger charge is 2.18. The van der Waals surface area contributed by atoms with E-state index in [0.717, 1.165) is 11.8 Å². The Kier molecular flexibility index (Phi) is 6.25. The summed E-state index contributed by atoms with van der Waals surface area (Å²) in [5, 5.41) is 4.59. The van der Waals surface area contributed by atoms with Gasteiger partial charge in [-0.05, 0) is 43.9 Å². The molecule has 0 saturated heterocycles. The van der Waals surface area contributed by atoms with E-state index in [1.807, 2.05) is 0 Å². The lowest BCUT2D eigenvalue weighted by atomic mass is 10.0. The van der Waals surface area contributed by atoms with Crippen molar-refractivity contribution >= 4 is 11.8 Å². The van der Waals surface area contributed by atoms with Crippen LogP contribution in [0, 0.1) is 6.92 Å². The van der Waals surface area contributed by atoms with Gasteiger partial charge in [0.15, 0.2) is 0 Å². The molecule has 1 aromatic rings. The molecule has 0 aliphatic heterocycles. The Morgan fingerprint density at radius 3 is 2.68 bits per heavy atom. The summed E-state index contributed by atoms with van der Waals surface area (Å²) >= 11 is 2.19. The van der Waals surface area contributed by atoms with Gasteiger partial charge in [-0.15, -0.1) is 0 Å². The fourth-order valence-electron chi connectivity index (χ4n) is 2.89. The van der Waals surface area contributed by atoms with Crippen LogP contribution in [0.4, 0.5) is 0 Å². The van der Waals surface area contributed by atoms with Crippen LogP contribution in [0.15, 0.2) is 24.3 Å². The Balaban J connectivity index is 1.86. The van der Waals surface area contributed by atoms with E-state index in [1.54, 1.807) is 0 Å². The zero-order chi connectivity index (χ0) is 13.5. The number of nitrogens with one attached hydrogen (secondary N) is 1. The van der Waals surface area contributed by atoms with E-state index in [9.17, 15) is 0 Å².